The molecule has 19 heavy (non-hydrogen) atoms. The first-order valence-corrected chi connectivity index (χ1v) is 6.86. The highest BCUT2D eigenvalue weighted by Gasteiger charge is 2.12. The zero-order valence-electron chi connectivity index (χ0n) is 10.5. The van der Waals surface area contributed by atoms with E-state index in [0.29, 0.717) is 12.2 Å². The molecule has 0 aliphatic heterocycles. The lowest BCUT2D eigenvalue weighted by Gasteiger charge is -2.08. The maximum Gasteiger partial charge on any atom is 0.308 e. The van der Waals surface area contributed by atoms with Crippen molar-refractivity contribution in [1.29, 1.82) is 0 Å². The molecule has 6 heteroatoms. The van der Waals surface area contributed by atoms with Crippen molar-refractivity contribution in [2.75, 3.05) is 0 Å². The second kappa shape index (κ2) is 5.79. The van der Waals surface area contributed by atoms with Crippen LogP contribution in [0, 0.1) is 0 Å². The largest absolute Gasteiger partial charge is 0.481 e. The Balaban J connectivity index is 2.53. The Labute approximate surface area is 114 Å². The lowest BCUT2D eigenvalue weighted by Crippen LogP contribution is -2.27. The van der Waals surface area contributed by atoms with E-state index in [2.05, 4.69) is 5.10 Å². The van der Waals surface area contributed by atoms with Crippen molar-refractivity contribution in [3.05, 3.63) is 39.5 Å². The first-order valence-electron chi connectivity index (χ1n) is 5.98. The van der Waals surface area contributed by atoms with Gasteiger partial charge in [0.05, 0.1) is 11.3 Å². The molecule has 2 aromatic rings. The third-order valence-corrected chi connectivity index (χ3v) is 3.49. The molecular formula is C13H14N2O3S. The van der Waals surface area contributed by atoms with E-state index in [1.807, 2.05) is 24.4 Å². The summed E-state index contributed by atoms with van der Waals surface area (Å²) in [7, 11) is 0. The molecule has 0 aliphatic rings. The predicted molar refractivity (Wildman–Crippen MR) is 73.4 cm³/mol. The molecule has 2 heterocycles. The van der Waals surface area contributed by atoms with Crippen molar-refractivity contribution in [2.24, 2.45) is 0 Å². The topological polar surface area (TPSA) is 72.2 Å². The lowest BCUT2D eigenvalue weighted by atomic mass is 10.2. The van der Waals surface area contributed by atoms with Gasteiger partial charge in [0.2, 0.25) is 0 Å². The number of aliphatic carboxylic acids is 1. The average molecular weight is 278 g/mol. The molecule has 2 rings (SSSR count). The monoisotopic (exact) mass is 278 g/mol. The SMILES string of the molecule is CCCn1nc(-c2cccs2)cc(CC(=O)O)c1=O. The first-order chi connectivity index (χ1) is 9.11. The Morgan fingerprint density at radius 2 is 2.32 bits per heavy atom. The minimum Gasteiger partial charge on any atom is -0.481 e. The van der Waals surface area contributed by atoms with Crippen molar-refractivity contribution in [3.63, 3.8) is 0 Å². The van der Waals surface area contributed by atoms with Gasteiger partial charge in [0.1, 0.15) is 5.69 Å². The number of hydrogen-bond acceptors (Lipinski definition) is 4. The van der Waals surface area contributed by atoms with Gasteiger partial charge in [-0.1, -0.05) is 13.0 Å². The van der Waals surface area contributed by atoms with Gasteiger partial charge in [0, 0.05) is 12.1 Å². The molecule has 5 nitrogen and oxygen atoms in total. The normalized spacial score (nSPS) is 10.6. The fraction of sp³-hybridized carbons (Fsp3) is 0.308. The van der Waals surface area contributed by atoms with Crippen LogP contribution in [0.25, 0.3) is 10.6 Å². The quantitative estimate of drug-likeness (QED) is 0.908. The van der Waals surface area contributed by atoms with Crippen LogP contribution in [0.4, 0.5) is 0 Å². The third kappa shape index (κ3) is 3.08. The summed E-state index contributed by atoms with van der Waals surface area (Å²) in [6.07, 6.45) is 0.497. The van der Waals surface area contributed by atoms with Crippen molar-refractivity contribution >= 4 is 17.3 Å². The van der Waals surface area contributed by atoms with Gasteiger partial charge >= 0.3 is 5.97 Å². The molecule has 0 amide bonds. The molecule has 1 N–H and O–H groups in total. The second-order valence-corrected chi connectivity index (χ2v) is 5.08. The molecule has 0 saturated heterocycles. The minimum atomic E-state index is -1.01. The Morgan fingerprint density at radius 1 is 1.53 bits per heavy atom. The minimum absolute atomic E-state index is 0.274. The van der Waals surface area contributed by atoms with E-state index in [1.54, 1.807) is 6.07 Å². The molecule has 0 atom stereocenters. The Bertz CT molecular complexity index is 632. The predicted octanol–water partition coefficient (Wildman–Crippen LogP) is 2.01. The summed E-state index contributed by atoms with van der Waals surface area (Å²) in [6.45, 7) is 2.44. The maximum atomic E-state index is 12.1. The van der Waals surface area contributed by atoms with E-state index in [4.69, 9.17) is 5.11 Å². The van der Waals surface area contributed by atoms with Crippen molar-refractivity contribution in [3.8, 4) is 10.6 Å². The highest BCUT2D eigenvalue weighted by Crippen LogP contribution is 2.22. The molecule has 0 saturated carbocycles. The molecule has 0 bridgehead atoms. The zero-order chi connectivity index (χ0) is 13.8. The van der Waals surface area contributed by atoms with Gasteiger partial charge in [0.25, 0.3) is 5.56 Å². The second-order valence-electron chi connectivity index (χ2n) is 4.13. The molecule has 100 valence electrons. The van der Waals surface area contributed by atoms with E-state index in [9.17, 15) is 9.59 Å². The molecule has 0 aromatic carbocycles. The van der Waals surface area contributed by atoms with Gasteiger partial charge < -0.3 is 5.11 Å². The molecule has 0 radical (unpaired) electrons. The number of rotatable bonds is 5. The van der Waals surface area contributed by atoms with Gasteiger partial charge in [-0.3, -0.25) is 9.59 Å². The summed E-state index contributed by atoms with van der Waals surface area (Å²) >= 11 is 1.51. The number of aryl methyl sites for hydroxylation is 1. The molecule has 0 spiro atoms. The lowest BCUT2D eigenvalue weighted by molar-refractivity contribution is -0.136. The van der Waals surface area contributed by atoms with Crippen LogP contribution in [-0.4, -0.2) is 20.9 Å². The number of carboxylic acid groups (broad SMARTS) is 1. The summed E-state index contributed by atoms with van der Waals surface area (Å²) < 4.78 is 1.35. The Morgan fingerprint density at radius 3 is 2.89 bits per heavy atom. The first kappa shape index (κ1) is 13.5. The number of thiophene rings is 1. The van der Waals surface area contributed by atoms with Gasteiger partial charge in [-0.15, -0.1) is 11.3 Å². The molecule has 0 fully saturated rings. The number of hydrogen-bond donors (Lipinski definition) is 1. The molecule has 0 aliphatic carbocycles. The third-order valence-electron chi connectivity index (χ3n) is 2.60. The van der Waals surface area contributed by atoms with Gasteiger partial charge in [0.15, 0.2) is 0 Å². The van der Waals surface area contributed by atoms with Crippen LogP contribution in [0.1, 0.15) is 18.9 Å². The smallest absolute Gasteiger partial charge is 0.308 e. The van der Waals surface area contributed by atoms with Gasteiger partial charge in [-0.25, -0.2) is 4.68 Å². The zero-order valence-corrected chi connectivity index (χ0v) is 11.3. The van der Waals surface area contributed by atoms with Crippen LogP contribution >= 0.6 is 11.3 Å². The average Bonchev–Trinajstić information content (AvgIpc) is 2.87. The Kier molecular flexibility index (Phi) is 4.11. The van der Waals surface area contributed by atoms with Crippen LogP contribution in [0.2, 0.25) is 0 Å². The Hall–Kier alpha value is -1.95. The van der Waals surface area contributed by atoms with Crippen LogP contribution in [0.3, 0.4) is 0 Å². The standard InChI is InChI=1S/C13H14N2O3S/c1-2-5-15-13(18)9(8-12(16)17)7-10(14-15)11-4-3-6-19-11/h3-4,6-7H,2,5,8H2,1H3,(H,16,17). The van der Waals surface area contributed by atoms with E-state index >= 15 is 0 Å². The van der Waals surface area contributed by atoms with Gasteiger partial charge in [-0.05, 0) is 23.9 Å². The van der Waals surface area contributed by atoms with Crippen LogP contribution in [0.5, 0.6) is 0 Å². The van der Waals surface area contributed by atoms with Crippen molar-refractivity contribution < 1.29 is 9.90 Å². The van der Waals surface area contributed by atoms with Crippen LogP contribution < -0.4 is 5.56 Å². The van der Waals surface area contributed by atoms with Crippen LogP contribution in [0.15, 0.2) is 28.4 Å². The van der Waals surface area contributed by atoms with Crippen molar-refractivity contribution in [2.45, 2.75) is 26.3 Å². The summed E-state index contributed by atoms with van der Waals surface area (Å²) in [4.78, 5) is 23.8. The number of aromatic nitrogens is 2. The molecular weight excluding hydrogens is 264 g/mol. The molecule has 2 aromatic heterocycles. The number of carboxylic acids is 1. The molecule has 0 unspecified atom stereocenters. The number of carbonyl (C=O) groups is 1. The summed E-state index contributed by atoms with van der Waals surface area (Å²) in [5.41, 5.74) is 0.614. The van der Waals surface area contributed by atoms with E-state index in [1.165, 1.54) is 16.0 Å². The van der Waals surface area contributed by atoms with E-state index in [0.717, 1.165) is 11.3 Å². The highest BCUT2D eigenvalue weighted by atomic mass is 32.1. The van der Waals surface area contributed by atoms with Crippen molar-refractivity contribution in [1.82, 2.24) is 9.78 Å². The van der Waals surface area contributed by atoms with Gasteiger partial charge in [-0.2, -0.15) is 5.10 Å². The van der Waals surface area contributed by atoms with E-state index in [-0.39, 0.29) is 17.5 Å². The van der Waals surface area contributed by atoms with E-state index < -0.39 is 5.97 Å². The maximum absolute atomic E-state index is 12.1. The summed E-state index contributed by atoms with van der Waals surface area (Å²) in [5, 5.41) is 15.1. The fourth-order valence-corrected chi connectivity index (χ4v) is 2.48. The highest BCUT2D eigenvalue weighted by molar-refractivity contribution is 7.13. The van der Waals surface area contributed by atoms with Crippen LogP contribution in [-0.2, 0) is 17.8 Å². The summed E-state index contributed by atoms with van der Waals surface area (Å²) in [6, 6.07) is 5.38. The fourth-order valence-electron chi connectivity index (χ4n) is 1.79. The summed E-state index contributed by atoms with van der Waals surface area (Å²) in [5.74, 6) is -1.01. The number of nitrogens with zero attached hydrogens (tertiary/aromatic N) is 2.